The molecule has 0 aromatic rings. The fourth-order valence-corrected chi connectivity index (χ4v) is 1.83. The van der Waals surface area contributed by atoms with Crippen LogP contribution in [0.4, 0.5) is 0 Å². The van der Waals surface area contributed by atoms with E-state index in [2.05, 4.69) is 17.5 Å². The molecular formula is C10H18ClN. The van der Waals surface area contributed by atoms with E-state index in [1.807, 2.05) is 6.92 Å². The first-order valence-corrected chi connectivity index (χ1v) is 5.24. The van der Waals surface area contributed by atoms with Crippen LogP contribution < -0.4 is 5.32 Å². The van der Waals surface area contributed by atoms with Crippen LogP contribution in [-0.2, 0) is 0 Å². The summed E-state index contributed by atoms with van der Waals surface area (Å²) in [6.07, 6.45) is 8.13. The predicted octanol–water partition coefficient (Wildman–Crippen LogP) is 2.56. The minimum absolute atomic E-state index is 0.573. The Morgan fingerprint density at radius 3 is 2.75 bits per heavy atom. The quantitative estimate of drug-likeness (QED) is 0.383. The lowest BCUT2D eigenvalue weighted by molar-refractivity contribution is 0.458. The molecule has 1 N–H and O–H groups in total. The highest BCUT2D eigenvalue weighted by atomic mass is 35.5. The van der Waals surface area contributed by atoms with Crippen LogP contribution in [-0.4, -0.2) is 19.0 Å². The van der Waals surface area contributed by atoms with Crippen molar-refractivity contribution in [2.45, 2.75) is 26.2 Å². The van der Waals surface area contributed by atoms with Crippen LogP contribution in [0.1, 0.15) is 26.2 Å². The van der Waals surface area contributed by atoms with Gasteiger partial charge in [0.25, 0.3) is 0 Å². The molecule has 0 atom stereocenters. The van der Waals surface area contributed by atoms with Crippen molar-refractivity contribution in [3.8, 4) is 0 Å². The van der Waals surface area contributed by atoms with Crippen LogP contribution in [0.3, 0.4) is 0 Å². The smallest absolute Gasteiger partial charge is 0.0229 e. The third-order valence-corrected chi connectivity index (χ3v) is 2.77. The molecule has 0 saturated heterocycles. The average molecular weight is 188 g/mol. The van der Waals surface area contributed by atoms with Gasteiger partial charge in [-0.15, -0.1) is 11.6 Å². The van der Waals surface area contributed by atoms with E-state index >= 15 is 0 Å². The number of hydrogen-bond acceptors (Lipinski definition) is 1. The molecule has 0 spiro atoms. The number of hydrogen-bond donors (Lipinski definition) is 1. The van der Waals surface area contributed by atoms with E-state index in [0.29, 0.717) is 5.41 Å². The summed E-state index contributed by atoms with van der Waals surface area (Å²) in [4.78, 5) is 0. The molecule has 1 rings (SSSR count). The molecule has 0 amide bonds. The van der Waals surface area contributed by atoms with Gasteiger partial charge in [-0.1, -0.05) is 12.2 Å². The van der Waals surface area contributed by atoms with Gasteiger partial charge in [-0.2, -0.15) is 0 Å². The van der Waals surface area contributed by atoms with Gasteiger partial charge in [0.15, 0.2) is 0 Å². The fraction of sp³-hybridized carbons (Fsp3) is 0.800. The third kappa shape index (κ3) is 3.16. The predicted molar refractivity (Wildman–Crippen MR) is 54.7 cm³/mol. The maximum absolute atomic E-state index is 5.72. The fourth-order valence-electron chi connectivity index (χ4n) is 1.43. The Hall–Kier alpha value is -0.0100. The van der Waals surface area contributed by atoms with E-state index in [9.17, 15) is 0 Å². The Kier molecular flexibility index (Phi) is 4.10. The topological polar surface area (TPSA) is 12.0 Å². The van der Waals surface area contributed by atoms with E-state index < -0.39 is 0 Å². The molecule has 0 aromatic carbocycles. The van der Waals surface area contributed by atoms with Gasteiger partial charge in [-0.05, 0) is 31.6 Å². The van der Waals surface area contributed by atoms with Gasteiger partial charge < -0.3 is 5.32 Å². The van der Waals surface area contributed by atoms with Crippen LogP contribution >= 0.6 is 11.6 Å². The molecule has 1 fully saturated rings. The molecule has 0 heterocycles. The molecule has 0 radical (unpaired) electrons. The number of alkyl halides is 1. The first-order chi connectivity index (χ1) is 5.83. The van der Waals surface area contributed by atoms with Gasteiger partial charge in [0.2, 0.25) is 0 Å². The Morgan fingerprint density at radius 1 is 1.50 bits per heavy atom. The minimum atomic E-state index is 0.573. The van der Waals surface area contributed by atoms with Crippen molar-refractivity contribution in [1.82, 2.24) is 5.32 Å². The van der Waals surface area contributed by atoms with Gasteiger partial charge in [0.05, 0.1) is 0 Å². The highest BCUT2D eigenvalue weighted by Gasteiger charge is 2.40. The molecule has 1 nitrogen and oxygen atoms in total. The number of rotatable bonds is 6. The second kappa shape index (κ2) is 4.88. The second-order valence-corrected chi connectivity index (χ2v) is 4.02. The summed E-state index contributed by atoms with van der Waals surface area (Å²) < 4.78 is 0. The normalized spacial score (nSPS) is 20.2. The molecule has 0 aromatic heterocycles. The van der Waals surface area contributed by atoms with Crippen LogP contribution in [0.2, 0.25) is 0 Å². The Balaban J connectivity index is 2.05. The van der Waals surface area contributed by atoms with Gasteiger partial charge in [-0.3, -0.25) is 0 Å². The van der Waals surface area contributed by atoms with Crippen molar-refractivity contribution in [1.29, 1.82) is 0 Å². The molecule has 1 aliphatic rings. The largest absolute Gasteiger partial charge is 0.313 e. The van der Waals surface area contributed by atoms with Crippen molar-refractivity contribution in [2.75, 3.05) is 19.0 Å². The van der Waals surface area contributed by atoms with E-state index in [0.717, 1.165) is 19.0 Å². The first kappa shape index (κ1) is 10.1. The molecular weight excluding hydrogens is 170 g/mol. The lowest BCUT2D eigenvalue weighted by atomic mass is 10.0. The minimum Gasteiger partial charge on any atom is -0.313 e. The lowest BCUT2D eigenvalue weighted by Crippen LogP contribution is -2.24. The molecule has 12 heavy (non-hydrogen) atoms. The zero-order chi connectivity index (χ0) is 8.86. The van der Waals surface area contributed by atoms with Crippen molar-refractivity contribution in [3.05, 3.63) is 12.2 Å². The summed E-state index contributed by atoms with van der Waals surface area (Å²) >= 11 is 5.72. The van der Waals surface area contributed by atoms with Crippen molar-refractivity contribution >= 4 is 11.6 Å². The average Bonchev–Trinajstić information content (AvgIpc) is 2.81. The number of allylic oxidation sites excluding steroid dienone is 1. The molecule has 1 aliphatic carbocycles. The Labute approximate surface area is 80.2 Å². The molecule has 0 aliphatic heterocycles. The van der Waals surface area contributed by atoms with Crippen molar-refractivity contribution < 1.29 is 0 Å². The van der Waals surface area contributed by atoms with Crippen LogP contribution in [0.25, 0.3) is 0 Å². The summed E-state index contributed by atoms with van der Waals surface area (Å²) in [6, 6.07) is 0. The van der Waals surface area contributed by atoms with Crippen LogP contribution in [0, 0.1) is 5.41 Å². The summed E-state index contributed by atoms with van der Waals surface area (Å²) in [5.41, 5.74) is 0.573. The third-order valence-electron chi connectivity index (χ3n) is 2.58. The van der Waals surface area contributed by atoms with Gasteiger partial charge in [0.1, 0.15) is 0 Å². The Bertz CT molecular complexity index is 150. The molecule has 70 valence electrons. The monoisotopic (exact) mass is 187 g/mol. The van der Waals surface area contributed by atoms with E-state index in [-0.39, 0.29) is 0 Å². The van der Waals surface area contributed by atoms with E-state index in [4.69, 9.17) is 11.6 Å². The van der Waals surface area contributed by atoms with Crippen molar-refractivity contribution in [2.24, 2.45) is 5.41 Å². The number of halogens is 1. The molecule has 0 unspecified atom stereocenters. The summed E-state index contributed by atoms with van der Waals surface area (Å²) in [5, 5.41) is 3.43. The first-order valence-electron chi connectivity index (χ1n) is 4.71. The maximum Gasteiger partial charge on any atom is 0.0229 e. The van der Waals surface area contributed by atoms with E-state index in [1.54, 1.807) is 0 Å². The lowest BCUT2D eigenvalue weighted by Gasteiger charge is -2.12. The van der Waals surface area contributed by atoms with Crippen LogP contribution in [0.5, 0.6) is 0 Å². The van der Waals surface area contributed by atoms with Gasteiger partial charge in [-0.25, -0.2) is 0 Å². The van der Waals surface area contributed by atoms with Crippen LogP contribution in [0.15, 0.2) is 12.2 Å². The second-order valence-electron chi connectivity index (χ2n) is 3.64. The maximum atomic E-state index is 5.72. The Morgan fingerprint density at radius 2 is 2.25 bits per heavy atom. The number of nitrogens with one attached hydrogen (secondary N) is 1. The molecule has 0 bridgehead atoms. The zero-order valence-electron chi connectivity index (χ0n) is 7.78. The van der Waals surface area contributed by atoms with Gasteiger partial charge >= 0.3 is 0 Å². The molecule has 2 heteroatoms. The molecule has 1 saturated carbocycles. The summed E-state index contributed by atoms with van der Waals surface area (Å²) in [5.74, 6) is 0.811. The zero-order valence-corrected chi connectivity index (χ0v) is 8.53. The van der Waals surface area contributed by atoms with Crippen molar-refractivity contribution in [3.63, 3.8) is 0 Å². The summed E-state index contributed by atoms with van der Waals surface area (Å²) in [6.45, 7) is 4.19. The SMILES string of the molecule is C/C=C/CNCC1(CCCl)CC1. The highest BCUT2D eigenvalue weighted by molar-refractivity contribution is 6.17. The van der Waals surface area contributed by atoms with Gasteiger partial charge in [0, 0.05) is 19.0 Å². The summed E-state index contributed by atoms with van der Waals surface area (Å²) in [7, 11) is 0. The highest BCUT2D eigenvalue weighted by Crippen LogP contribution is 2.48. The standard InChI is InChI=1S/C10H18ClN/c1-2-3-8-12-9-10(4-5-10)6-7-11/h2-3,12H,4-9H2,1H3/b3-2+. The van der Waals surface area contributed by atoms with E-state index in [1.165, 1.54) is 19.3 Å².